The first kappa shape index (κ1) is 16.0. The van der Waals surface area contributed by atoms with Crippen LogP contribution in [0.15, 0.2) is 30.3 Å². The first-order valence-corrected chi connectivity index (χ1v) is 8.19. The van der Waals surface area contributed by atoms with E-state index in [0.717, 1.165) is 13.0 Å². The summed E-state index contributed by atoms with van der Waals surface area (Å²) in [5.74, 6) is -0.0946. The Bertz CT molecular complexity index is 682. The summed E-state index contributed by atoms with van der Waals surface area (Å²) < 4.78 is 7.45. The van der Waals surface area contributed by atoms with E-state index in [0.29, 0.717) is 6.61 Å². The third kappa shape index (κ3) is 3.39. The Balaban J connectivity index is 1.70. The summed E-state index contributed by atoms with van der Waals surface area (Å²) in [4.78, 5) is 11.8. The number of benzene rings is 1. The topological polar surface area (TPSA) is 67.3 Å². The Labute approximate surface area is 136 Å². The van der Waals surface area contributed by atoms with Gasteiger partial charge in [0.1, 0.15) is 6.61 Å². The van der Waals surface area contributed by atoms with Crippen LogP contribution in [0, 0.1) is 0 Å². The van der Waals surface area contributed by atoms with Gasteiger partial charge in [-0.1, -0.05) is 18.2 Å². The lowest BCUT2D eigenvalue weighted by Crippen LogP contribution is -2.45. The molecular weight excluding hydrogens is 292 g/mol. The van der Waals surface area contributed by atoms with Gasteiger partial charge in [-0.25, -0.2) is 10.9 Å². The number of hydrazine groups is 1. The van der Waals surface area contributed by atoms with Crippen LogP contribution in [-0.4, -0.2) is 29.9 Å². The van der Waals surface area contributed by atoms with E-state index in [4.69, 9.17) is 4.74 Å². The lowest BCUT2D eigenvalue weighted by molar-refractivity contribution is -0.126. The zero-order valence-electron chi connectivity index (χ0n) is 13.6. The number of carbonyl (C=O) groups excluding carboxylic acids is 1. The summed E-state index contributed by atoms with van der Waals surface area (Å²) >= 11 is 0. The minimum Gasteiger partial charge on any atom is -0.372 e. The number of nitrogens with one attached hydrogen (secondary N) is 3. The minimum atomic E-state index is -0.0946. The van der Waals surface area contributed by atoms with Crippen LogP contribution in [0.1, 0.15) is 32.0 Å². The predicted octanol–water partition coefficient (Wildman–Crippen LogP) is 1.68. The van der Waals surface area contributed by atoms with Crippen molar-refractivity contribution in [3.05, 3.63) is 36.0 Å². The van der Waals surface area contributed by atoms with Gasteiger partial charge in [0.2, 0.25) is 5.91 Å². The first-order valence-electron chi connectivity index (χ1n) is 8.19. The van der Waals surface area contributed by atoms with Crippen molar-refractivity contribution in [2.24, 2.45) is 0 Å². The highest BCUT2D eigenvalue weighted by Gasteiger charge is 2.28. The second kappa shape index (κ2) is 7.12. The molecule has 2 aromatic rings. The molecule has 1 aromatic heterocycles. The minimum absolute atomic E-state index is 0.0868. The van der Waals surface area contributed by atoms with E-state index in [1.54, 1.807) is 0 Å². The van der Waals surface area contributed by atoms with E-state index in [-0.39, 0.29) is 24.7 Å². The molecule has 1 saturated heterocycles. The molecule has 124 valence electrons. The zero-order chi connectivity index (χ0) is 16.2. The van der Waals surface area contributed by atoms with Gasteiger partial charge in [-0.2, -0.15) is 0 Å². The number of para-hydroxylation sites is 1. The van der Waals surface area contributed by atoms with Crippen molar-refractivity contribution in [1.29, 1.82) is 0 Å². The SMILES string of the molecule is CCOCC(=O)NC1CC(c2cc3ccccc3n2CC)NN1. The smallest absolute Gasteiger partial charge is 0.247 e. The maximum absolute atomic E-state index is 11.8. The van der Waals surface area contributed by atoms with E-state index in [1.165, 1.54) is 16.6 Å². The van der Waals surface area contributed by atoms with E-state index in [2.05, 4.69) is 58.0 Å². The van der Waals surface area contributed by atoms with Gasteiger partial charge in [-0.05, 0) is 31.4 Å². The van der Waals surface area contributed by atoms with Gasteiger partial charge in [-0.3, -0.25) is 4.79 Å². The van der Waals surface area contributed by atoms with Crippen LogP contribution in [0.5, 0.6) is 0 Å². The normalized spacial score (nSPS) is 21.0. The molecule has 3 N–H and O–H groups in total. The van der Waals surface area contributed by atoms with Gasteiger partial charge >= 0.3 is 0 Å². The number of ether oxygens (including phenoxy) is 1. The fraction of sp³-hybridized carbons (Fsp3) is 0.471. The molecule has 6 heteroatoms. The quantitative estimate of drug-likeness (QED) is 0.758. The van der Waals surface area contributed by atoms with Crippen molar-refractivity contribution >= 4 is 16.8 Å². The lowest BCUT2D eigenvalue weighted by atomic mass is 10.1. The molecule has 0 radical (unpaired) electrons. The van der Waals surface area contributed by atoms with Gasteiger partial charge < -0.3 is 14.6 Å². The highest BCUT2D eigenvalue weighted by Crippen LogP contribution is 2.28. The molecule has 2 unspecified atom stereocenters. The van der Waals surface area contributed by atoms with Crippen molar-refractivity contribution < 1.29 is 9.53 Å². The van der Waals surface area contributed by atoms with Crippen molar-refractivity contribution in [3.8, 4) is 0 Å². The number of hydrogen-bond acceptors (Lipinski definition) is 4. The van der Waals surface area contributed by atoms with Crippen molar-refractivity contribution in [3.63, 3.8) is 0 Å². The largest absolute Gasteiger partial charge is 0.372 e. The van der Waals surface area contributed by atoms with E-state index >= 15 is 0 Å². The molecule has 1 fully saturated rings. The molecule has 3 rings (SSSR count). The van der Waals surface area contributed by atoms with Gasteiger partial charge in [0, 0.05) is 30.8 Å². The summed E-state index contributed by atoms with van der Waals surface area (Å²) in [5.41, 5.74) is 8.94. The summed E-state index contributed by atoms with van der Waals surface area (Å²) in [5, 5.41) is 4.18. The zero-order valence-corrected chi connectivity index (χ0v) is 13.6. The number of fused-ring (bicyclic) bond motifs is 1. The highest BCUT2D eigenvalue weighted by molar-refractivity contribution is 5.81. The van der Waals surface area contributed by atoms with Gasteiger partial charge in [0.25, 0.3) is 0 Å². The molecular formula is C17H24N4O2. The number of hydrogen-bond donors (Lipinski definition) is 3. The molecule has 0 bridgehead atoms. The number of amides is 1. The van der Waals surface area contributed by atoms with Crippen LogP contribution in [0.25, 0.3) is 10.9 Å². The van der Waals surface area contributed by atoms with Crippen molar-refractivity contribution in [1.82, 2.24) is 20.7 Å². The van der Waals surface area contributed by atoms with Crippen LogP contribution in [0.2, 0.25) is 0 Å². The fourth-order valence-corrected chi connectivity index (χ4v) is 3.15. The van der Waals surface area contributed by atoms with Crippen LogP contribution in [0.4, 0.5) is 0 Å². The second-order valence-electron chi connectivity index (χ2n) is 5.71. The number of aryl methyl sites for hydroxylation is 1. The molecule has 2 atom stereocenters. The van der Waals surface area contributed by atoms with E-state index in [1.807, 2.05) is 6.92 Å². The Kier molecular flexibility index (Phi) is 4.95. The monoisotopic (exact) mass is 316 g/mol. The average molecular weight is 316 g/mol. The van der Waals surface area contributed by atoms with Crippen LogP contribution in [-0.2, 0) is 16.1 Å². The molecule has 0 saturated carbocycles. The molecule has 1 aliphatic rings. The summed E-state index contributed by atoms with van der Waals surface area (Å²) in [6, 6.07) is 10.8. The van der Waals surface area contributed by atoms with Gasteiger partial charge in [0.15, 0.2) is 0 Å². The predicted molar refractivity (Wildman–Crippen MR) is 89.7 cm³/mol. The fourth-order valence-electron chi connectivity index (χ4n) is 3.15. The molecule has 0 aliphatic carbocycles. The molecule has 6 nitrogen and oxygen atoms in total. The maximum atomic E-state index is 11.8. The molecule has 1 aromatic carbocycles. The molecule has 2 heterocycles. The molecule has 1 aliphatic heterocycles. The van der Waals surface area contributed by atoms with Crippen molar-refractivity contribution in [2.75, 3.05) is 13.2 Å². The number of rotatable bonds is 6. The number of nitrogens with zero attached hydrogens (tertiary/aromatic N) is 1. The Morgan fingerprint density at radius 1 is 1.35 bits per heavy atom. The third-order valence-electron chi connectivity index (χ3n) is 4.19. The Morgan fingerprint density at radius 2 is 2.17 bits per heavy atom. The number of carbonyl (C=O) groups is 1. The molecule has 1 amide bonds. The number of aromatic nitrogens is 1. The van der Waals surface area contributed by atoms with Crippen LogP contribution in [0.3, 0.4) is 0 Å². The maximum Gasteiger partial charge on any atom is 0.247 e. The standard InChI is InChI=1S/C17H24N4O2/c1-3-21-14-8-6-5-7-12(14)9-15(21)13-10-16(20-19-13)18-17(22)11-23-4-2/h5-9,13,16,19-20H,3-4,10-11H2,1-2H3,(H,18,22). The molecule has 23 heavy (non-hydrogen) atoms. The Morgan fingerprint density at radius 3 is 2.96 bits per heavy atom. The summed E-state index contributed by atoms with van der Waals surface area (Å²) in [6.45, 7) is 5.60. The van der Waals surface area contributed by atoms with Gasteiger partial charge in [-0.15, -0.1) is 0 Å². The van der Waals surface area contributed by atoms with Crippen molar-refractivity contribution in [2.45, 2.75) is 39.0 Å². The summed E-state index contributed by atoms with van der Waals surface area (Å²) in [6.07, 6.45) is 0.713. The highest BCUT2D eigenvalue weighted by atomic mass is 16.5. The van der Waals surface area contributed by atoms with E-state index in [9.17, 15) is 4.79 Å². The third-order valence-corrected chi connectivity index (χ3v) is 4.19. The Hall–Kier alpha value is -1.89. The van der Waals surface area contributed by atoms with Crippen LogP contribution >= 0.6 is 0 Å². The lowest BCUT2D eigenvalue weighted by Gasteiger charge is -2.14. The van der Waals surface area contributed by atoms with E-state index < -0.39 is 0 Å². The average Bonchev–Trinajstić information content (AvgIpc) is 3.16. The van der Waals surface area contributed by atoms with Gasteiger partial charge in [0.05, 0.1) is 12.2 Å². The summed E-state index contributed by atoms with van der Waals surface area (Å²) in [7, 11) is 0. The second-order valence-corrected chi connectivity index (χ2v) is 5.71. The van der Waals surface area contributed by atoms with Crippen LogP contribution < -0.4 is 16.2 Å². The molecule has 0 spiro atoms. The first-order chi connectivity index (χ1) is 11.2.